The molecule has 0 bridgehead atoms. The van der Waals surface area contributed by atoms with Gasteiger partial charge in [0, 0.05) is 10.7 Å². The molecule has 0 aliphatic heterocycles. The van der Waals surface area contributed by atoms with Gasteiger partial charge in [0.15, 0.2) is 0 Å². The first-order valence-electron chi connectivity index (χ1n) is 5.15. The molecule has 0 spiro atoms. The summed E-state index contributed by atoms with van der Waals surface area (Å²) >= 11 is 3.54. The summed E-state index contributed by atoms with van der Waals surface area (Å²) in [5, 5.41) is 8.12. The van der Waals surface area contributed by atoms with E-state index in [1.807, 2.05) is 6.20 Å². The lowest BCUT2D eigenvalue weighted by atomic mass is 10.1. The van der Waals surface area contributed by atoms with Crippen LogP contribution in [-0.4, -0.2) is 20.0 Å². The van der Waals surface area contributed by atoms with Crippen molar-refractivity contribution in [3.05, 3.63) is 40.4 Å². The smallest absolute Gasteiger partial charge is 0.0872 e. The molecular formula is C11H13BrN4. The number of hydrogen-bond donors (Lipinski definition) is 0. The van der Waals surface area contributed by atoms with Crippen LogP contribution < -0.4 is 0 Å². The van der Waals surface area contributed by atoms with Crippen molar-refractivity contribution in [1.82, 2.24) is 20.0 Å². The second kappa shape index (κ2) is 4.74. The van der Waals surface area contributed by atoms with Crippen LogP contribution in [0.2, 0.25) is 0 Å². The molecule has 0 saturated carbocycles. The van der Waals surface area contributed by atoms with Gasteiger partial charge in [0.2, 0.25) is 0 Å². The van der Waals surface area contributed by atoms with Crippen molar-refractivity contribution >= 4 is 15.9 Å². The molecule has 0 saturated heterocycles. The van der Waals surface area contributed by atoms with Crippen molar-refractivity contribution in [2.24, 2.45) is 0 Å². The van der Waals surface area contributed by atoms with Crippen molar-refractivity contribution in [3.8, 4) is 0 Å². The van der Waals surface area contributed by atoms with Crippen LogP contribution in [0, 0.1) is 0 Å². The lowest BCUT2D eigenvalue weighted by Gasteiger charge is -2.08. The molecule has 0 aliphatic carbocycles. The average molecular weight is 281 g/mol. The number of pyridine rings is 1. The third-order valence-electron chi connectivity index (χ3n) is 2.26. The Kier molecular flexibility index (Phi) is 3.33. The molecule has 0 unspecified atom stereocenters. The predicted molar refractivity (Wildman–Crippen MR) is 65.2 cm³/mol. The van der Waals surface area contributed by atoms with Crippen molar-refractivity contribution in [2.75, 3.05) is 0 Å². The second-order valence-corrected chi connectivity index (χ2v) is 4.78. The third-order valence-corrected chi connectivity index (χ3v) is 2.90. The van der Waals surface area contributed by atoms with Crippen LogP contribution in [0.4, 0.5) is 0 Å². The molecule has 0 N–H and O–H groups in total. The van der Waals surface area contributed by atoms with Gasteiger partial charge in [0.1, 0.15) is 0 Å². The maximum absolute atomic E-state index is 4.44. The number of hydrogen-bond acceptors (Lipinski definition) is 3. The van der Waals surface area contributed by atoms with Gasteiger partial charge in [-0.1, -0.05) is 13.8 Å². The summed E-state index contributed by atoms with van der Waals surface area (Å²) in [5.41, 5.74) is 2.17. The number of aromatic nitrogens is 4. The van der Waals surface area contributed by atoms with E-state index < -0.39 is 0 Å². The maximum atomic E-state index is 4.44. The van der Waals surface area contributed by atoms with Gasteiger partial charge in [-0.05, 0) is 33.5 Å². The van der Waals surface area contributed by atoms with E-state index in [0.29, 0.717) is 12.5 Å². The first-order valence-corrected chi connectivity index (χ1v) is 5.94. The zero-order valence-corrected chi connectivity index (χ0v) is 10.8. The van der Waals surface area contributed by atoms with E-state index in [1.165, 1.54) is 0 Å². The molecule has 2 aromatic rings. The van der Waals surface area contributed by atoms with Gasteiger partial charge >= 0.3 is 0 Å². The van der Waals surface area contributed by atoms with Crippen LogP contribution in [0.25, 0.3) is 0 Å². The van der Waals surface area contributed by atoms with E-state index in [0.717, 1.165) is 15.7 Å². The van der Waals surface area contributed by atoms with Crippen LogP contribution in [0.5, 0.6) is 0 Å². The molecular weight excluding hydrogens is 268 g/mol. The molecule has 2 aromatic heterocycles. The fourth-order valence-electron chi connectivity index (χ4n) is 1.49. The fraction of sp³-hybridized carbons (Fsp3) is 0.364. The number of nitrogens with zero attached hydrogens (tertiary/aromatic N) is 4. The molecule has 16 heavy (non-hydrogen) atoms. The quantitative estimate of drug-likeness (QED) is 0.868. The molecule has 5 heteroatoms. The van der Waals surface area contributed by atoms with Crippen molar-refractivity contribution in [3.63, 3.8) is 0 Å². The molecule has 2 heterocycles. The first-order chi connectivity index (χ1) is 7.66. The minimum Gasteiger partial charge on any atom is -0.259 e. The van der Waals surface area contributed by atoms with Crippen LogP contribution >= 0.6 is 15.9 Å². The summed E-state index contributed by atoms with van der Waals surface area (Å²) < 4.78 is 1.05. The highest BCUT2D eigenvalue weighted by atomic mass is 79.9. The summed E-state index contributed by atoms with van der Waals surface area (Å²) in [6.07, 6.45) is 5.22. The molecule has 0 amide bonds. The summed E-state index contributed by atoms with van der Waals surface area (Å²) in [4.78, 5) is 6.08. The molecule has 0 aliphatic rings. The number of halogens is 1. The highest BCUT2D eigenvalue weighted by Crippen LogP contribution is 2.23. The highest BCUT2D eigenvalue weighted by Gasteiger charge is 2.07. The second-order valence-electron chi connectivity index (χ2n) is 3.92. The van der Waals surface area contributed by atoms with E-state index >= 15 is 0 Å². The van der Waals surface area contributed by atoms with E-state index in [-0.39, 0.29) is 0 Å². The molecule has 0 fully saturated rings. The summed E-state index contributed by atoms with van der Waals surface area (Å²) in [6.45, 7) is 4.90. The van der Waals surface area contributed by atoms with Gasteiger partial charge in [-0.2, -0.15) is 15.0 Å². The third kappa shape index (κ3) is 2.47. The lowest BCUT2D eigenvalue weighted by molar-refractivity contribution is 0.589. The monoisotopic (exact) mass is 280 g/mol. The first kappa shape index (κ1) is 11.3. The topological polar surface area (TPSA) is 43.6 Å². The molecule has 0 radical (unpaired) electrons. The van der Waals surface area contributed by atoms with Gasteiger partial charge in [-0.25, -0.2) is 0 Å². The maximum Gasteiger partial charge on any atom is 0.0872 e. The lowest BCUT2D eigenvalue weighted by Crippen LogP contribution is -2.05. The Bertz CT molecular complexity index is 465. The Morgan fingerprint density at radius 2 is 2.00 bits per heavy atom. The van der Waals surface area contributed by atoms with Crippen LogP contribution in [0.3, 0.4) is 0 Å². The molecule has 2 rings (SSSR count). The van der Waals surface area contributed by atoms with E-state index in [4.69, 9.17) is 0 Å². The SMILES string of the molecule is CC(C)c1ncc(Cn2nccn2)cc1Br. The Hall–Kier alpha value is -1.23. The van der Waals surface area contributed by atoms with E-state index in [1.54, 1.807) is 17.2 Å². The predicted octanol–water partition coefficient (Wildman–Crippen LogP) is 2.61. The summed E-state index contributed by atoms with van der Waals surface area (Å²) in [7, 11) is 0. The summed E-state index contributed by atoms with van der Waals surface area (Å²) in [5.74, 6) is 0.422. The van der Waals surface area contributed by atoms with Crippen molar-refractivity contribution in [1.29, 1.82) is 0 Å². The minimum absolute atomic E-state index is 0.422. The Morgan fingerprint density at radius 3 is 2.56 bits per heavy atom. The van der Waals surface area contributed by atoms with Gasteiger partial charge in [-0.15, -0.1) is 0 Å². The van der Waals surface area contributed by atoms with E-state index in [2.05, 4.69) is 51.0 Å². The minimum atomic E-state index is 0.422. The van der Waals surface area contributed by atoms with Gasteiger partial charge < -0.3 is 0 Å². The molecule has 84 valence electrons. The zero-order chi connectivity index (χ0) is 11.5. The summed E-state index contributed by atoms with van der Waals surface area (Å²) in [6, 6.07) is 2.08. The van der Waals surface area contributed by atoms with Crippen LogP contribution in [0.15, 0.2) is 29.1 Å². The van der Waals surface area contributed by atoms with E-state index in [9.17, 15) is 0 Å². The van der Waals surface area contributed by atoms with Gasteiger partial charge in [0.05, 0.1) is 24.6 Å². The zero-order valence-electron chi connectivity index (χ0n) is 9.26. The Balaban J connectivity index is 2.21. The normalized spacial score (nSPS) is 11.0. The van der Waals surface area contributed by atoms with Crippen LogP contribution in [0.1, 0.15) is 31.0 Å². The van der Waals surface area contributed by atoms with Gasteiger partial charge in [-0.3, -0.25) is 4.98 Å². The van der Waals surface area contributed by atoms with Gasteiger partial charge in [0.25, 0.3) is 0 Å². The largest absolute Gasteiger partial charge is 0.259 e. The average Bonchev–Trinajstić information content (AvgIpc) is 2.70. The Morgan fingerprint density at radius 1 is 1.31 bits per heavy atom. The molecule has 0 atom stereocenters. The Labute approximate surface area is 103 Å². The number of rotatable bonds is 3. The van der Waals surface area contributed by atoms with Crippen LogP contribution in [-0.2, 0) is 6.54 Å². The molecule has 4 nitrogen and oxygen atoms in total. The highest BCUT2D eigenvalue weighted by molar-refractivity contribution is 9.10. The standard InChI is InChI=1S/C11H13BrN4/c1-8(2)11-10(12)5-9(6-13-11)7-16-14-3-4-15-16/h3-6,8H,7H2,1-2H3. The van der Waals surface area contributed by atoms with Crippen molar-refractivity contribution in [2.45, 2.75) is 26.3 Å². The fourth-order valence-corrected chi connectivity index (χ4v) is 2.34. The van der Waals surface area contributed by atoms with Crippen molar-refractivity contribution < 1.29 is 0 Å². The molecule has 0 aromatic carbocycles.